The van der Waals surface area contributed by atoms with Crippen LogP contribution in [0, 0.1) is 0 Å². The fourth-order valence-corrected chi connectivity index (χ4v) is 1.78. The largest absolute Gasteiger partial charge is 0.489 e. The molecule has 0 aliphatic rings. The van der Waals surface area contributed by atoms with Crippen LogP contribution in [0.3, 0.4) is 0 Å². The minimum Gasteiger partial charge on any atom is -0.489 e. The standard InChI is InChI=1S/C15H13N3O/c1-2-4-13(5-3-1)12-19-15-8-6-14(7-9-15)18-11-10-16-17-18/h1-11H,12H2. The number of hydrogen-bond donors (Lipinski definition) is 0. The van der Waals surface area contributed by atoms with E-state index in [2.05, 4.69) is 10.3 Å². The van der Waals surface area contributed by atoms with Crippen LogP contribution in [0.25, 0.3) is 5.69 Å². The summed E-state index contributed by atoms with van der Waals surface area (Å²) in [5.41, 5.74) is 2.12. The summed E-state index contributed by atoms with van der Waals surface area (Å²) in [6.07, 6.45) is 3.46. The minimum atomic E-state index is 0.573. The number of ether oxygens (including phenoxy) is 1. The van der Waals surface area contributed by atoms with Crippen LogP contribution in [-0.2, 0) is 6.61 Å². The van der Waals surface area contributed by atoms with Crippen molar-refractivity contribution in [2.75, 3.05) is 0 Å². The first-order valence-electron chi connectivity index (χ1n) is 6.05. The zero-order valence-electron chi connectivity index (χ0n) is 10.3. The van der Waals surface area contributed by atoms with Crippen molar-refractivity contribution in [3.63, 3.8) is 0 Å². The molecule has 0 unspecified atom stereocenters. The first kappa shape index (κ1) is 11.5. The summed E-state index contributed by atoms with van der Waals surface area (Å²) in [7, 11) is 0. The van der Waals surface area contributed by atoms with Crippen molar-refractivity contribution in [1.82, 2.24) is 15.0 Å². The number of nitrogens with zero attached hydrogens (tertiary/aromatic N) is 3. The Morgan fingerprint density at radius 2 is 1.74 bits per heavy atom. The van der Waals surface area contributed by atoms with E-state index in [0.29, 0.717) is 6.61 Å². The molecule has 3 aromatic rings. The molecule has 0 atom stereocenters. The Labute approximate surface area is 111 Å². The molecule has 4 nitrogen and oxygen atoms in total. The van der Waals surface area contributed by atoms with Crippen LogP contribution in [0.5, 0.6) is 5.75 Å². The van der Waals surface area contributed by atoms with Crippen LogP contribution < -0.4 is 4.74 Å². The van der Waals surface area contributed by atoms with Crippen molar-refractivity contribution in [3.8, 4) is 11.4 Å². The molecule has 0 aliphatic heterocycles. The van der Waals surface area contributed by atoms with Crippen molar-refractivity contribution in [1.29, 1.82) is 0 Å². The van der Waals surface area contributed by atoms with E-state index >= 15 is 0 Å². The Hall–Kier alpha value is -2.62. The van der Waals surface area contributed by atoms with Gasteiger partial charge in [-0.3, -0.25) is 0 Å². The molecule has 3 rings (SSSR count). The summed E-state index contributed by atoms with van der Waals surface area (Å²) in [6, 6.07) is 17.9. The minimum absolute atomic E-state index is 0.573. The molecule has 0 bridgehead atoms. The fraction of sp³-hybridized carbons (Fsp3) is 0.0667. The summed E-state index contributed by atoms with van der Waals surface area (Å²) in [5.74, 6) is 0.840. The van der Waals surface area contributed by atoms with Gasteiger partial charge in [0.15, 0.2) is 0 Å². The molecule has 0 spiro atoms. The summed E-state index contributed by atoms with van der Waals surface area (Å²) < 4.78 is 7.43. The molecule has 0 saturated heterocycles. The van der Waals surface area contributed by atoms with Crippen molar-refractivity contribution < 1.29 is 4.74 Å². The van der Waals surface area contributed by atoms with Gasteiger partial charge in [-0.15, -0.1) is 5.10 Å². The lowest BCUT2D eigenvalue weighted by atomic mass is 10.2. The predicted molar refractivity (Wildman–Crippen MR) is 72.1 cm³/mol. The van der Waals surface area contributed by atoms with Gasteiger partial charge in [0.25, 0.3) is 0 Å². The maximum atomic E-state index is 5.72. The van der Waals surface area contributed by atoms with Gasteiger partial charge in [-0.05, 0) is 29.8 Å². The summed E-state index contributed by atoms with van der Waals surface area (Å²) in [5, 5.41) is 7.71. The summed E-state index contributed by atoms with van der Waals surface area (Å²) in [4.78, 5) is 0. The zero-order valence-corrected chi connectivity index (χ0v) is 10.3. The van der Waals surface area contributed by atoms with E-state index in [1.807, 2.05) is 54.6 Å². The van der Waals surface area contributed by atoms with Gasteiger partial charge in [0.2, 0.25) is 0 Å². The third-order valence-corrected chi connectivity index (χ3v) is 2.77. The molecule has 19 heavy (non-hydrogen) atoms. The highest BCUT2D eigenvalue weighted by Gasteiger charge is 1.99. The van der Waals surface area contributed by atoms with Gasteiger partial charge in [-0.25, -0.2) is 4.68 Å². The molecule has 0 fully saturated rings. The molecule has 1 heterocycles. The summed E-state index contributed by atoms with van der Waals surface area (Å²) >= 11 is 0. The maximum Gasteiger partial charge on any atom is 0.119 e. The lowest BCUT2D eigenvalue weighted by molar-refractivity contribution is 0.306. The second-order valence-electron chi connectivity index (χ2n) is 4.12. The van der Waals surface area contributed by atoms with Gasteiger partial charge in [0.05, 0.1) is 18.1 Å². The first-order chi connectivity index (χ1) is 9.42. The quantitative estimate of drug-likeness (QED) is 0.715. The number of rotatable bonds is 4. The molecule has 0 radical (unpaired) electrons. The summed E-state index contributed by atoms with van der Waals surface area (Å²) in [6.45, 7) is 0.573. The third-order valence-electron chi connectivity index (χ3n) is 2.77. The number of benzene rings is 2. The molecular formula is C15H13N3O. The van der Waals surface area contributed by atoms with Gasteiger partial charge in [-0.1, -0.05) is 35.5 Å². The Bertz CT molecular complexity index is 618. The van der Waals surface area contributed by atoms with Crippen molar-refractivity contribution >= 4 is 0 Å². The van der Waals surface area contributed by atoms with Crippen LogP contribution in [-0.4, -0.2) is 15.0 Å². The van der Waals surface area contributed by atoms with E-state index in [-0.39, 0.29) is 0 Å². The molecule has 0 aliphatic carbocycles. The second-order valence-corrected chi connectivity index (χ2v) is 4.12. The van der Waals surface area contributed by atoms with E-state index in [4.69, 9.17) is 4.74 Å². The van der Waals surface area contributed by atoms with E-state index in [9.17, 15) is 0 Å². The molecule has 0 saturated carbocycles. The van der Waals surface area contributed by atoms with Gasteiger partial charge < -0.3 is 4.74 Å². The van der Waals surface area contributed by atoms with Crippen molar-refractivity contribution in [2.45, 2.75) is 6.61 Å². The Morgan fingerprint density at radius 3 is 2.42 bits per heavy atom. The average molecular weight is 251 g/mol. The van der Waals surface area contributed by atoms with Crippen molar-refractivity contribution in [2.24, 2.45) is 0 Å². The first-order valence-corrected chi connectivity index (χ1v) is 6.05. The second kappa shape index (κ2) is 5.35. The monoisotopic (exact) mass is 251 g/mol. The normalized spacial score (nSPS) is 10.3. The Balaban J connectivity index is 1.67. The predicted octanol–water partition coefficient (Wildman–Crippen LogP) is 2.85. The van der Waals surface area contributed by atoms with Crippen LogP contribution >= 0.6 is 0 Å². The topological polar surface area (TPSA) is 39.9 Å². The number of hydrogen-bond acceptors (Lipinski definition) is 3. The molecule has 1 aromatic heterocycles. The highest BCUT2D eigenvalue weighted by Crippen LogP contribution is 2.15. The van der Waals surface area contributed by atoms with E-state index < -0.39 is 0 Å². The van der Waals surface area contributed by atoms with Gasteiger partial charge in [-0.2, -0.15) is 0 Å². The third kappa shape index (κ3) is 2.80. The lowest BCUT2D eigenvalue weighted by Crippen LogP contribution is -1.97. The smallest absolute Gasteiger partial charge is 0.119 e. The van der Waals surface area contributed by atoms with E-state index in [1.165, 1.54) is 0 Å². The highest BCUT2D eigenvalue weighted by atomic mass is 16.5. The molecule has 2 aromatic carbocycles. The Morgan fingerprint density at radius 1 is 0.947 bits per heavy atom. The van der Waals surface area contributed by atoms with E-state index in [1.54, 1.807) is 17.1 Å². The molecule has 0 N–H and O–H groups in total. The fourth-order valence-electron chi connectivity index (χ4n) is 1.78. The van der Waals surface area contributed by atoms with Crippen LogP contribution in [0.1, 0.15) is 5.56 Å². The average Bonchev–Trinajstić information content (AvgIpc) is 3.01. The maximum absolute atomic E-state index is 5.72. The Kier molecular flexibility index (Phi) is 3.23. The molecule has 0 amide bonds. The van der Waals surface area contributed by atoms with Crippen LogP contribution in [0.4, 0.5) is 0 Å². The molecule has 4 heteroatoms. The SMILES string of the molecule is c1ccc(COc2ccc(-n3ccnn3)cc2)cc1. The zero-order chi connectivity index (χ0) is 12.9. The van der Waals surface area contributed by atoms with Gasteiger partial charge in [0, 0.05) is 0 Å². The lowest BCUT2D eigenvalue weighted by Gasteiger charge is -2.07. The molecular weight excluding hydrogens is 238 g/mol. The molecule has 94 valence electrons. The van der Waals surface area contributed by atoms with Crippen LogP contribution in [0.15, 0.2) is 67.0 Å². The highest BCUT2D eigenvalue weighted by molar-refractivity contribution is 5.36. The van der Waals surface area contributed by atoms with Gasteiger partial charge in [0.1, 0.15) is 12.4 Å². The van der Waals surface area contributed by atoms with E-state index in [0.717, 1.165) is 17.0 Å². The van der Waals surface area contributed by atoms with Crippen LogP contribution in [0.2, 0.25) is 0 Å². The number of aromatic nitrogens is 3. The van der Waals surface area contributed by atoms with Gasteiger partial charge >= 0.3 is 0 Å². The van der Waals surface area contributed by atoms with Crippen molar-refractivity contribution in [3.05, 3.63) is 72.6 Å².